The fourth-order valence-corrected chi connectivity index (χ4v) is 3.42. The minimum absolute atomic E-state index is 0.0185. The van der Waals surface area contributed by atoms with Crippen LogP contribution in [0.4, 0.5) is 26.3 Å². The Labute approximate surface area is 218 Å². The summed E-state index contributed by atoms with van der Waals surface area (Å²) in [6.45, 7) is 0. The van der Waals surface area contributed by atoms with Crippen molar-refractivity contribution in [3.8, 4) is 22.8 Å². The molecule has 0 saturated heterocycles. The van der Waals surface area contributed by atoms with Gasteiger partial charge in [-0.15, -0.1) is 0 Å². The largest absolute Gasteiger partial charge is 0.471 e. The van der Waals surface area contributed by atoms with E-state index in [1.54, 1.807) is 48.5 Å². The fraction of sp³-hybridized carbons (Fsp3) is 0.200. The minimum atomic E-state index is -4.62. The van der Waals surface area contributed by atoms with Gasteiger partial charge < -0.3 is 9.05 Å². The number of halogens is 9. The number of rotatable bonds is 4. The van der Waals surface area contributed by atoms with Gasteiger partial charge in [-0.1, -0.05) is 107 Å². The summed E-state index contributed by atoms with van der Waals surface area (Å²) in [4.78, 5) is 6.59. The Bertz CT molecular complexity index is 1240. The highest BCUT2D eigenvalue weighted by Gasteiger charge is 2.39. The Kier molecular flexibility index (Phi) is 8.75. The fourth-order valence-electron chi connectivity index (χ4n) is 2.43. The number of hydrogen-bond acceptors (Lipinski definition) is 6. The number of aromatic nitrogens is 4. The van der Waals surface area contributed by atoms with Crippen LogP contribution in [-0.2, 0) is 17.7 Å². The molecule has 0 saturated carbocycles. The summed E-state index contributed by atoms with van der Waals surface area (Å²) < 4.78 is 81.8. The van der Waals surface area contributed by atoms with Gasteiger partial charge >= 0.3 is 24.1 Å². The van der Waals surface area contributed by atoms with Crippen LogP contribution < -0.4 is 0 Å². The van der Waals surface area contributed by atoms with Crippen molar-refractivity contribution in [1.29, 1.82) is 0 Å². The lowest BCUT2D eigenvalue weighted by Crippen LogP contribution is -2.04. The normalized spacial score (nSPS) is 11.9. The third kappa shape index (κ3) is 7.36. The third-order valence-electron chi connectivity index (χ3n) is 4.12. The van der Waals surface area contributed by atoms with Crippen LogP contribution in [0.1, 0.15) is 26.6 Å². The molecule has 0 atom stereocenters. The highest BCUT2D eigenvalue weighted by Crippen LogP contribution is 2.32. The summed E-state index contributed by atoms with van der Waals surface area (Å²) in [5.41, 5.74) is 2.87. The molecule has 0 fully saturated rings. The van der Waals surface area contributed by atoms with E-state index in [1.165, 1.54) is 0 Å². The molecule has 0 aliphatic heterocycles. The molecule has 0 aliphatic carbocycles. The number of alkyl halides is 9. The summed E-state index contributed by atoms with van der Waals surface area (Å²) in [6, 6.07) is 13.6. The van der Waals surface area contributed by atoms with E-state index in [4.69, 9.17) is 0 Å². The molecule has 0 aliphatic rings. The average molecular weight is 693 g/mol. The third-order valence-corrected chi connectivity index (χ3v) is 5.83. The van der Waals surface area contributed by atoms with Gasteiger partial charge in [0.25, 0.3) is 0 Å². The SMILES string of the molecule is FC(F)(F)c1nc(-c2ccc(C(Br)Br)cc2)no1.FC(F)(F)c1nc(-c2ccc(CBr)cc2)no1. The molecular formula is C20H11Br3F6N4O2. The first kappa shape index (κ1) is 27.3. The van der Waals surface area contributed by atoms with Crippen molar-refractivity contribution in [1.82, 2.24) is 20.3 Å². The first-order valence-corrected chi connectivity index (χ1v) is 12.2. The monoisotopic (exact) mass is 690 g/mol. The van der Waals surface area contributed by atoms with E-state index in [1.807, 2.05) is 0 Å². The van der Waals surface area contributed by atoms with E-state index in [9.17, 15) is 26.3 Å². The zero-order valence-electron chi connectivity index (χ0n) is 16.9. The van der Waals surface area contributed by atoms with Crippen LogP contribution in [0.2, 0.25) is 0 Å². The van der Waals surface area contributed by atoms with E-state index < -0.39 is 24.1 Å². The quantitative estimate of drug-likeness (QED) is 0.159. The molecule has 186 valence electrons. The highest BCUT2D eigenvalue weighted by atomic mass is 79.9. The molecule has 6 nitrogen and oxygen atoms in total. The summed E-state index contributed by atoms with van der Waals surface area (Å²) in [7, 11) is 0. The van der Waals surface area contributed by atoms with Gasteiger partial charge in [0.1, 0.15) is 0 Å². The minimum Gasteiger partial charge on any atom is -0.329 e. The highest BCUT2D eigenvalue weighted by molar-refractivity contribution is 9.24. The summed E-state index contributed by atoms with van der Waals surface area (Å²) >= 11 is 9.89. The number of hydrogen-bond donors (Lipinski definition) is 0. The second-order valence-corrected chi connectivity index (χ2v) is 10.2. The Morgan fingerprint density at radius 1 is 0.686 bits per heavy atom. The van der Waals surface area contributed by atoms with Crippen molar-refractivity contribution in [2.45, 2.75) is 21.4 Å². The van der Waals surface area contributed by atoms with E-state index in [0.29, 0.717) is 16.5 Å². The van der Waals surface area contributed by atoms with Gasteiger partial charge in [0.05, 0.1) is 3.74 Å². The Morgan fingerprint density at radius 3 is 1.40 bits per heavy atom. The second-order valence-electron chi connectivity index (χ2n) is 6.60. The number of benzene rings is 2. The molecule has 35 heavy (non-hydrogen) atoms. The maximum atomic E-state index is 12.3. The van der Waals surface area contributed by atoms with E-state index >= 15 is 0 Å². The van der Waals surface area contributed by atoms with Crippen LogP contribution >= 0.6 is 47.8 Å². The van der Waals surface area contributed by atoms with Crippen LogP contribution in [0, 0.1) is 0 Å². The van der Waals surface area contributed by atoms with E-state index in [2.05, 4.69) is 77.1 Å². The first-order chi connectivity index (χ1) is 16.4. The Balaban J connectivity index is 0.000000196. The van der Waals surface area contributed by atoms with Crippen LogP contribution in [-0.4, -0.2) is 20.3 Å². The maximum Gasteiger partial charge on any atom is 0.471 e. The van der Waals surface area contributed by atoms with Gasteiger partial charge in [-0.05, 0) is 11.1 Å². The van der Waals surface area contributed by atoms with Gasteiger partial charge in [0.15, 0.2) is 0 Å². The van der Waals surface area contributed by atoms with E-state index in [0.717, 1.165) is 11.1 Å². The van der Waals surface area contributed by atoms with Crippen molar-refractivity contribution in [2.24, 2.45) is 0 Å². The molecular weight excluding hydrogens is 682 g/mol. The van der Waals surface area contributed by atoms with Gasteiger partial charge in [0, 0.05) is 16.5 Å². The molecule has 2 aromatic carbocycles. The predicted octanol–water partition coefficient (Wildman–Crippen LogP) is 8.19. The Hall–Kier alpha value is -2.26. The summed E-state index contributed by atoms with van der Waals surface area (Å²) in [6.07, 6.45) is -9.23. The van der Waals surface area contributed by atoms with Crippen LogP contribution in [0.3, 0.4) is 0 Å². The molecule has 0 N–H and O–H groups in total. The van der Waals surface area contributed by atoms with E-state index in [-0.39, 0.29) is 15.4 Å². The summed E-state index contributed by atoms with van der Waals surface area (Å²) in [5.74, 6) is -2.84. The van der Waals surface area contributed by atoms with Crippen molar-refractivity contribution >= 4 is 47.8 Å². The molecule has 2 heterocycles. The molecule has 0 radical (unpaired) electrons. The molecule has 0 bridgehead atoms. The summed E-state index contributed by atoms with van der Waals surface area (Å²) in [5, 5.41) is 7.26. The maximum absolute atomic E-state index is 12.3. The smallest absolute Gasteiger partial charge is 0.329 e. The molecule has 4 aromatic rings. The molecule has 15 heteroatoms. The molecule has 2 aromatic heterocycles. The van der Waals surface area contributed by atoms with Crippen LogP contribution in [0.25, 0.3) is 22.8 Å². The van der Waals surface area contributed by atoms with Crippen molar-refractivity contribution in [2.75, 3.05) is 0 Å². The number of nitrogens with zero attached hydrogens (tertiary/aromatic N) is 4. The molecule has 4 rings (SSSR count). The zero-order valence-corrected chi connectivity index (χ0v) is 21.7. The van der Waals surface area contributed by atoms with Crippen LogP contribution in [0.5, 0.6) is 0 Å². The Morgan fingerprint density at radius 2 is 1.09 bits per heavy atom. The van der Waals surface area contributed by atoms with Crippen molar-refractivity contribution in [3.63, 3.8) is 0 Å². The van der Waals surface area contributed by atoms with Crippen molar-refractivity contribution in [3.05, 3.63) is 71.4 Å². The van der Waals surface area contributed by atoms with Gasteiger partial charge in [-0.3, -0.25) is 0 Å². The van der Waals surface area contributed by atoms with Gasteiger partial charge in [-0.2, -0.15) is 36.3 Å². The molecule has 0 amide bonds. The standard InChI is InChI=1S/C10H5Br2F3N2O.C10H6BrF3N2O/c11-7(12)5-1-3-6(4-2-5)8-16-9(18-17-8)10(13,14)15;11-5-6-1-3-7(4-2-6)8-15-9(17-16-8)10(12,13)14/h1-4,7H;1-4H,5H2. The molecule has 0 unspecified atom stereocenters. The average Bonchev–Trinajstić information content (AvgIpc) is 3.50. The lowest BCUT2D eigenvalue weighted by molar-refractivity contribution is -0.160. The van der Waals surface area contributed by atoms with Gasteiger partial charge in [0.2, 0.25) is 11.6 Å². The molecule has 0 spiro atoms. The lowest BCUT2D eigenvalue weighted by Gasteiger charge is -2.01. The predicted molar refractivity (Wildman–Crippen MR) is 123 cm³/mol. The van der Waals surface area contributed by atoms with Crippen LogP contribution in [0.15, 0.2) is 57.6 Å². The second kappa shape index (κ2) is 11.2. The first-order valence-electron chi connectivity index (χ1n) is 9.24. The zero-order chi connectivity index (χ0) is 25.8. The topological polar surface area (TPSA) is 77.8 Å². The van der Waals surface area contributed by atoms with Crippen molar-refractivity contribution < 1.29 is 35.4 Å². The lowest BCUT2D eigenvalue weighted by atomic mass is 10.1. The van der Waals surface area contributed by atoms with Gasteiger partial charge in [-0.25, -0.2) is 0 Å².